The highest BCUT2D eigenvalue weighted by molar-refractivity contribution is 5.94. The Labute approximate surface area is 145 Å². The summed E-state index contributed by atoms with van der Waals surface area (Å²) < 4.78 is 9.91. The molecular formula is C17H21N3O5. The summed E-state index contributed by atoms with van der Waals surface area (Å²) in [6.45, 7) is 2.68. The Bertz CT molecular complexity index is 653. The highest BCUT2D eigenvalue weighted by Crippen LogP contribution is 2.14. The number of ether oxygens (including phenoxy) is 2. The summed E-state index contributed by atoms with van der Waals surface area (Å²) in [5, 5.41) is 0. The minimum atomic E-state index is -0.443. The van der Waals surface area contributed by atoms with Crippen LogP contribution in [0.2, 0.25) is 0 Å². The van der Waals surface area contributed by atoms with Crippen molar-refractivity contribution in [2.75, 3.05) is 53.0 Å². The molecule has 0 radical (unpaired) electrons. The number of nitrogens with zero attached hydrogens (tertiary/aromatic N) is 3. The number of cyclic esters (lactones) is 1. The molecule has 2 saturated heterocycles. The minimum absolute atomic E-state index is 0.0330. The van der Waals surface area contributed by atoms with Gasteiger partial charge in [-0.05, 0) is 24.3 Å². The van der Waals surface area contributed by atoms with Crippen molar-refractivity contribution in [1.82, 2.24) is 14.7 Å². The zero-order valence-electron chi connectivity index (χ0n) is 14.1. The first-order valence-corrected chi connectivity index (χ1v) is 8.21. The monoisotopic (exact) mass is 347 g/mol. The fourth-order valence-electron chi connectivity index (χ4n) is 2.91. The molecule has 134 valence electrons. The molecule has 0 saturated carbocycles. The molecule has 3 rings (SSSR count). The van der Waals surface area contributed by atoms with Gasteiger partial charge in [0.05, 0.1) is 13.7 Å². The molecule has 1 aromatic rings. The molecule has 2 heterocycles. The second-order valence-corrected chi connectivity index (χ2v) is 5.94. The highest BCUT2D eigenvalue weighted by atomic mass is 16.6. The molecule has 0 aliphatic carbocycles. The number of piperazine rings is 1. The lowest BCUT2D eigenvalue weighted by atomic mass is 10.1. The van der Waals surface area contributed by atoms with Gasteiger partial charge >= 0.3 is 6.09 Å². The van der Waals surface area contributed by atoms with E-state index >= 15 is 0 Å². The molecule has 8 nitrogen and oxygen atoms in total. The van der Waals surface area contributed by atoms with Crippen molar-refractivity contribution >= 4 is 17.9 Å². The van der Waals surface area contributed by atoms with E-state index in [1.54, 1.807) is 41.2 Å². The number of carbonyl (C=O) groups excluding carboxylic acids is 3. The number of carbonyl (C=O) groups is 3. The molecule has 0 spiro atoms. The van der Waals surface area contributed by atoms with E-state index in [9.17, 15) is 14.4 Å². The fraction of sp³-hybridized carbons (Fsp3) is 0.471. The predicted octanol–water partition coefficient (Wildman–Crippen LogP) is 0.432. The Balaban J connectivity index is 1.51. The predicted molar refractivity (Wildman–Crippen MR) is 88.4 cm³/mol. The Morgan fingerprint density at radius 1 is 1.04 bits per heavy atom. The topological polar surface area (TPSA) is 79.4 Å². The minimum Gasteiger partial charge on any atom is -0.497 e. The smallest absolute Gasteiger partial charge is 0.410 e. The van der Waals surface area contributed by atoms with Crippen LogP contribution in [0, 0.1) is 0 Å². The highest BCUT2D eigenvalue weighted by Gasteiger charge is 2.29. The average molecular weight is 347 g/mol. The number of amides is 3. The number of methoxy groups -OCH3 is 1. The lowest BCUT2D eigenvalue weighted by molar-refractivity contribution is -0.133. The van der Waals surface area contributed by atoms with Gasteiger partial charge in [0.25, 0.3) is 5.91 Å². The maximum Gasteiger partial charge on any atom is 0.410 e. The Morgan fingerprint density at radius 3 is 2.24 bits per heavy atom. The average Bonchev–Trinajstić information content (AvgIpc) is 3.06. The van der Waals surface area contributed by atoms with Gasteiger partial charge in [0.2, 0.25) is 5.91 Å². The van der Waals surface area contributed by atoms with E-state index < -0.39 is 6.09 Å². The first-order chi connectivity index (χ1) is 12.1. The normalized spacial score (nSPS) is 17.5. The first-order valence-electron chi connectivity index (χ1n) is 8.21. The van der Waals surface area contributed by atoms with Crippen LogP contribution < -0.4 is 4.74 Å². The van der Waals surface area contributed by atoms with Gasteiger partial charge in [-0.1, -0.05) is 0 Å². The van der Waals surface area contributed by atoms with E-state index in [2.05, 4.69) is 0 Å². The fourth-order valence-corrected chi connectivity index (χ4v) is 2.91. The van der Waals surface area contributed by atoms with Gasteiger partial charge in [-0.15, -0.1) is 0 Å². The second kappa shape index (κ2) is 7.42. The lowest BCUT2D eigenvalue weighted by Crippen LogP contribution is -2.52. The molecule has 0 unspecified atom stereocenters. The molecule has 8 heteroatoms. The lowest BCUT2D eigenvalue weighted by Gasteiger charge is -2.35. The van der Waals surface area contributed by atoms with Gasteiger partial charge in [-0.3, -0.25) is 14.5 Å². The van der Waals surface area contributed by atoms with Crippen LogP contribution in [0.15, 0.2) is 24.3 Å². The molecule has 25 heavy (non-hydrogen) atoms. The Hall–Kier alpha value is -2.77. The van der Waals surface area contributed by atoms with Crippen molar-refractivity contribution in [3.63, 3.8) is 0 Å². The molecule has 0 N–H and O–H groups in total. The zero-order valence-corrected chi connectivity index (χ0v) is 14.1. The molecule has 2 aliphatic rings. The molecule has 2 aliphatic heterocycles. The summed E-state index contributed by atoms with van der Waals surface area (Å²) in [5.74, 6) is 0.528. The third-order valence-corrected chi connectivity index (χ3v) is 4.43. The van der Waals surface area contributed by atoms with Crippen molar-refractivity contribution in [3.8, 4) is 5.75 Å². The molecule has 3 amide bonds. The van der Waals surface area contributed by atoms with Crippen molar-refractivity contribution in [3.05, 3.63) is 29.8 Å². The van der Waals surface area contributed by atoms with Crippen LogP contribution >= 0.6 is 0 Å². The quantitative estimate of drug-likeness (QED) is 0.789. The van der Waals surface area contributed by atoms with E-state index in [4.69, 9.17) is 9.47 Å². The third-order valence-electron chi connectivity index (χ3n) is 4.43. The Kier molecular flexibility index (Phi) is 5.06. The Morgan fingerprint density at radius 2 is 1.68 bits per heavy atom. The van der Waals surface area contributed by atoms with Crippen molar-refractivity contribution in [1.29, 1.82) is 0 Å². The standard InChI is InChI=1S/C17H21N3O5/c1-24-14-4-2-13(3-5-14)16(22)19-8-6-18(7-9-19)15(21)12-20-10-11-25-17(20)23/h2-5H,6-12H2,1H3. The summed E-state index contributed by atoms with van der Waals surface area (Å²) in [4.78, 5) is 41.0. The van der Waals surface area contributed by atoms with Crippen LogP contribution in [0.25, 0.3) is 0 Å². The van der Waals surface area contributed by atoms with Crippen LogP contribution in [-0.4, -0.2) is 85.6 Å². The summed E-state index contributed by atoms with van der Waals surface area (Å²) in [7, 11) is 1.58. The maximum atomic E-state index is 12.5. The van der Waals surface area contributed by atoms with Crippen molar-refractivity contribution in [2.24, 2.45) is 0 Å². The van der Waals surface area contributed by atoms with Crippen LogP contribution in [0.3, 0.4) is 0 Å². The van der Waals surface area contributed by atoms with E-state index in [0.717, 1.165) is 0 Å². The van der Waals surface area contributed by atoms with Crippen molar-refractivity contribution < 1.29 is 23.9 Å². The number of rotatable bonds is 4. The van der Waals surface area contributed by atoms with Gasteiger partial charge in [0.1, 0.15) is 18.9 Å². The maximum absolute atomic E-state index is 12.5. The van der Waals surface area contributed by atoms with Crippen LogP contribution in [0.4, 0.5) is 4.79 Å². The molecule has 0 bridgehead atoms. The van der Waals surface area contributed by atoms with Gasteiger partial charge < -0.3 is 19.3 Å². The summed E-state index contributed by atoms with van der Waals surface area (Å²) in [5.41, 5.74) is 0.598. The zero-order chi connectivity index (χ0) is 17.8. The molecule has 0 atom stereocenters. The molecular weight excluding hydrogens is 326 g/mol. The molecule has 2 fully saturated rings. The van der Waals surface area contributed by atoms with Crippen LogP contribution in [-0.2, 0) is 9.53 Å². The van der Waals surface area contributed by atoms with E-state index in [0.29, 0.717) is 50.6 Å². The number of benzene rings is 1. The van der Waals surface area contributed by atoms with E-state index in [1.807, 2.05) is 0 Å². The van der Waals surface area contributed by atoms with E-state index in [1.165, 1.54) is 4.90 Å². The largest absolute Gasteiger partial charge is 0.497 e. The summed E-state index contributed by atoms with van der Waals surface area (Å²) in [6, 6.07) is 6.97. The van der Waals surface area contributed by atoms with Gasteiger partial charge in [0.15, 0.2) is 0 Å². The SMILES string of the molecule is COc1ccc(C(=O)N2CCN(C(=O)CN3CCOC3=O)CC2)cc1. The van der Waals surface area contributed by atoms with Crippen LogP contribution in [0.1, 0.15) is 10.4 Å². The van der Waals surface area contributed by atoms with Crippen LogP contribution in [0.5, 0.6) is 5.75 Å². The molecule has 0 aromatic heterocycles. The van der Waals surface area contributed by atoms with Gasteiger partial charge in [0, 0.05) is 31.7 Å². The summed E-state index contributed by atoms with van der Waals surface area (Å²) in [6.07, 6.45) is -0.443. The molecule has 1 aromatic carbocycles. The first kappa shape index (κ1) is 17.1. The number of hydrogen-bond donors (Lipinski definition) is 0. The van der Waals surface area contributed by atoms with Gasteiger partial charge in [-0.2, -0.15) is 0 Å². The van der Waals surface area contributed by atoms with E-state index in [-0.39, 0.29) is 18.4 Å². The third kappa shape index (κ3) is 3.84. The van der Waals surface area contributed by atoms with Crippen molar-refractivity contribution in [2.45, 2.75) is 0 Å². The second-order valence-electron chi connectivity index (χ2n) is 5.94. The van der Waals surface area contributed by atoms with Gasteiger partial charge in [-0.25, -0.2) is 4.79 Å². The number of hydrogen-bond acceptors (Lipinski definition) is 5. The summed E-state index contributed by atoms with van der Waals surface area (Å²) >= 11 is 0.